The van der Waals surface area contributed by atoms with Gasteiger partial charge in [0.15, 0.2) is 0 Å². The molecule has 3 N–H and O–H groups in total. The van der Waals surface area contributed by atoms with Crippen LogP contribution in [0.3, 0.4) is 0 Å². The van der Waals surface area contributed by atoms with Crippen LogP contribution in [0.25, 0.3) is 0 Å². The molecule has 18 heavy (non-hydrogen) atoms. The van der Waals surface area contributed by atoms with Crippen molar-refractivity contribution in [3.8, 4) is 0 Å². The van der Waals surface area contributed by atoms with Gasteiger partial charge in [-0.25, -0.2) is 0 Å². The summed E-state index contributed by atoms with van der Waals surface area (Å²) in [5.74, 6) is 1.84. The van der Waals surface area contributed by atoms with E-state index in [0.29, 0.717) is 0 Å². The molecule has 2 aliphatic rings. The van der Waals surface area contributed by atoms with Gasteiger partial charge in [0.25, 0.3) is 0 Å². The first-order valence-electron chi connectivity index (χ1n) is 7.95. The first kappa shape index (κ1) is 14.3. The Bertz CT molecular complexity index is 218. The largest absolute Gasteiger partial charge is 0.329 e. The van der Waals surface area contributed by atoms with Crippen molar-refractivity contribution in [2.45, 2.75) is 51.0 Å². The SMILES string of the molecule is CNC(C1CCCCC1)C1CCN(CCN)CC1. The molecule has 106 valence electrons. The number of piperidine rings is 1. The van der Waals surface area contributed by atoms with E-state index in [4.69, 9.17) is 5.73 Å². The predicted octanol–water partition coefficient (Wildman–Crippen LogP) is 1.83. The third kappa shape index (κ3) is 3.69. The van der Waals surface area contributed by atoms with Crippen LogP contribution >= 0.6 is 0 Å². The van der Waals surface area contributed by atoms with E-state index < -0.39 is 0 Å². The minimum Gasteiger partial charge on any atom is -0.329 e. The number of rotatable bonds is 5. The van der Waals surface area contributed by atoms with Gasteiger partial charge in [-0.05, 0) is 57.7 Å². The minimum atomic E-state index is 0.769. The van der Waals surface area contributed by atoms with Crippen LogP contribution in [0.5, 0.6) is 0 Å². The highest BCUT2D eigenvalue weighted by molar-refractivity contribution is 4.87. The Morgan fingerprint density at radius 1 is 1.06 bits per heavy atom. The molecule has 1 saturated heterocycles. The zero-order valence-electron chi connectivity index (χ0n) is 12.0. The molecule has 1 aliphatic heterocycles. The van der Waals surface area contributed by atoms with Gasteiger partial charge in [0, 0.05) is 19.1 Å². The molecule has 1 unspecified atom stereocenters. The van der Waals surface area contributed by atoms with Crippen molar-refractivity contribution in [3.63, 3.8) is 0 Å². The molecule has 0 spiro atoms. The summed E-state index contributed by atoms with van der Waals surface area (Å²) in [6.45, 7) is 4.41. The second-order valence-corrected chi connectivity index (χ2v) is 6.18. The van der Waals surface area contributed by atoms with Crippen LogP contribution in [0.1, 0.15) is 44.9 Å². The molecular weight excluding hydrogens is 222 g/mol. The van der Waals surface area contributed by atoms with Gasteiger partial charge >= 0.3 is 0 Å². The van der Waals surface area contributed by atoms with Crippen molar-refractivity contribution in [1.29, 1.82) is 0 Å². The summed E-state index contributed by atoms with van der Waals surface area (Å²) in [5.41, 5.74) is 5.64. The third-order valence-corrected chi connectivity index (χ3v) is 5.08. The number of nitrogens with one attached hydrogen (secondary N) is 1. The maximum Gasteiger partial charge on any atom is 0.0121 e. The number of hydrogen-bond donors (Lipinski definition) is 2. The summed E-state index contributed by atoms with van der Waals surface area (Å²) in [6.07, 6.45) is 10.00. The molecule has 1 atom stereocenters. The van der Waals surface area contributed by atoms with Gasteiger partial charge < -0.3 is 16.0 Å². The highest BCUT2D eigenvalue weighted by atomic mass is 15.1. The van der Waals surface area contributed by atoms with Crippen LogP contribution < -0.4 is 11.1 Å². The van der Waals surface area contributed by atoms with Gasteiger partial charge in [0.05, 0.1) is 0 Å². The molecule has 3 heteroatoms. The fourth-order valence-corrected chi connectivity index (χ4v) is 4.07. The normalized spacial score (nSPS) is 26.3. The molecule has 2 rings (SSSR count). The zero-order valence-corrected chi connectivity index (χ0v) is 12.0. The van der Waals surface area contributed by atoms with Crippen LogP contribution in [0.15, 0.2) is 0 Å². The molecule has 0 aromatic heterocycles. The van der Waals surface area contributed by atoms with Gasteiger partial charge in [0.2, 0.25) is 0 Å². The monoisotopic (exact) mass is 253 g/mol. The average Bonchev–Trinajstić information content (AvgIpc) is 2.43. The molecule has 2 fully saturated rings. The Balaban J connectivity index is 1.81. The van der Waals surface area contributed by atoms with Crippen LogP contribution in [-0.4, -0.2) is 44.2 Å². The summed E-state index contributed by atoms with van der Waals surface area (Å²) in [7, 11) is 2.17. The number of hydrogen-bond acceptors (Lipinski definition) is 3. The lowest BCUT2D eigenvalue weighted by Crippen LogP contribution is -2.47. The second kappa shape index (κ2) is 7.46. The van der Waals surface area contributed by atoms with Gasteiger partial charge in [-0.15, -0.1) is 0 Å². The highest BCUT2D eigenvalue weighted by Crippen LogP contribution is 2.33. The highest BCUT2D eigenvalue weighted by Gasteiger charge is 2.31. The Hall–Kier alpha value is -0.120. The first-order chi connectivity index (χ1) is 8.85. The van der Waals surface area contributed by atoms with Crippen molar-refractivity contribution >= 4 is 0 Å². The van der Waals surface area contributed by atoms with Crippen molar-refractivity contribution in [3.05, 3.63) is 0 Å². The van der Waals surface area contributed by atoms with Crippen molar-refractivity contribution in [1.82, 2.24) is 10.2 Å². The summed E-state index contributed by atoms with van der Waals surface area (Å²) >= 11 is 0. The molecule has 0 aromatic rings. The second-order valence-electron chi connectivity index (χ2n) is 6.18. The lowest BCUT2D eigenvalue weighted by molar-refractivity contribution is 0.127. The molecule has 1 aliphatic carbocycles. The maximum atomic E-state index is 5.64. The summed E-state index contributed by atoms with van der Waals surface area (Å²) in [4.78, 5) is 2.53. The summed E-state index contributed by atoms with van der Waals surface area (Å²) in [6, 6.07) is 0.769. The van der Waals surface area contributed by atoms with E-state index in [1.807, 2.05) is 0 Å². The van der Waals surface area contributed by atoms with E-state index in [-0.39, 0.29) is 0 Å². The summed E-state index contributed by atoms with van der Waals surface area (Å²) in [5, 5.41) is 3.65. The Morgan fingerprint density at radius 3 is 2.22 bits per heavy atom. The van der Waals surface area contributed by atoms with Gasteiger partial charge in [-0.1, -0.05) is 19.3 Å². The van der Waals surface area contributed by atoms with Gasteiger partial charge in [-0.3, -0.25) is 0 Å². The van der Waals surface area contributed by atoms with Gasteiger partial charge in [-0.2, -0.15) is 0 Å². The molecule has 1 saturated carbocycles. The molecule has 0 radical (unpaired) electrons. The van der Waals surface area contributed by atoms with E-state index in [9.17, 15) is 0 Å². The predicted molar refractivity (Wildman–Crippen MR) is 77.6 cm³/mol. The standard InChI is InChI=1S/C15H31N3/c1-17-15(13-5-3-2-4-6-13)14-7-10-18(11-8-14)12-9-16/h13-15,17H,2-12,16H2,1H3. The molecule has 0 aromatic carbocycles. The van der Waals surface area contributed by atoms with Crippen molar-refractivity contribution < 1.29 is 0 Å². The number of nitrogens with two attached hydrogens (primary N) is 1. The van der Waals surface area contributed by atoms with Gasteiger partial charge in [0.1, 0.15) is 0 Å². The number of likely N-dealkylation sites (tertiary alicyclic amines) is 1. The zero-order chi connectivity index (χ0) is 12.8. The van der Waals surface area contributed by atoms with Crippen molar-refractivity contribution in [2.75, 3.05) is 33.2 Å². The molecule has 0 amide bonds. The maximum absolute atomic E-state index is 5.64. The van der Waals surface area contributed by atoms with Crippen molar-refractivity contribution in [2.24, 2.45) is 17.6 Å². The fourth-order valence-electron chi connectivity index (χ4n) is 4.07. The van der Waals surface area contributed by atoms with Crippen LogP contribution in [0, 0.1) is 11.8 Å². The van der Waals surface area contributed by atoms with E-state index in [2.05, 4.69) is 17.3 Å². The molecule has 0 bridgehead atoms. The lowest BCUT2D eigenvalue weighted by atomic mass is 9.75. The molecule has 3 nitrogen and oxygen atoms in total. The first-order valence-corrected chi connectivity index (χ1v) is 7.95. The van der Waals surface area contributed by atoms with Crippen LogP contribution in [0.2, 0.25) is 0 Å². The quantitative estimate of drug-likeness (QED) is 0.785. The molecular formula is C15H31N3. The Kier molecular flexibility index (Phi) is 5.93. The Morgan fingerprint density at radius 2 is 1.67 bits per heavy atom. The van der Waals surface area contributed by atoms with Crippen LogP contribution in [-0.2, 0) is 0 Å². The van der Waals surface area contributed by atoms with E-state index in [1.165, 1.54) is 58.0 Å². The topological polar surface area (TPSA) is 41.3 Å². The minimum absolute atomic E-state index is 0.769. The Labute approximate surface area is 112 Å². The van der Waals surface area contributed by atoms with Crippen LogP contribution in [0.4, 0.5) is 0 Å². The smallest absolute Gasteiger partial charge is 0.0121 e. The van der Waals surface area contributed by atoms with E-state index in [0.717, 1.165) is 31.0 Å². The lowest BCUT2D eigenvalue weighted by Gasteiger charge is -2.40. The third-order valence-electron chi connectivity index (χ3n) is 5.08. The number of nitrogens with zero attached hydrogens (tertiary/aromatic N) is 1. The summed E-state index contributed by atoms with van der Waals surface area (Å²) < 4.78 is 0. The fraction of sp³-hybridized carbons (Fsp3) is 1.00. The van der Waals surface area contributed by atoms with E-state index in [1.54, 1.807) is 0 Å². The van der Waals surface area contributed by atoms with E-state index >= 15 is 0 Å². The average molecular weight is 253 g/mol. The molecule has 1 heterocycles.